The highest BCUT2D eigenvalue weighted by Crippen LogP contribution is 2.33. The Balaban J connectivity index is 1.37. The highest BCUT2D eigenvalue weighted by Gasteiger charge is 2.36. The van der Waals surface area contributed by atoms with Crippen molar-refractivity contribution in [1.29, 1.82) is 0 Å². The topological polar surface area (TPSA) is 121 Å². The third-order valence-corrected chi connectivity index (χ3v) is 9.00. The summed E-state index contributed by atoms with van der Waals surface area (Å²) in [5.41, 5.74) is 1.53. The van der Waals surface area contributed by atoms with E-state index in [1.165, 1.54) is 6.07 Å². The number of aromatic nitrogens is 1. The van der Waals surface area contributed by atoms with Crippen LogP contribution >= 0.6 is 0 Å². The molecule has 0 bridgehead atoms. The Morgan fingerprint density at radius 1 is 0.929 bits per heavy atom. The van der Waals surface area contributed by atoms with Crippen molar-refractivity contribution in [3.8, 4) is 0 Å². The molecule has 1 aliphatic heterocycles. The van der Waals surface area contributed by atoms with Crippen LogP contribution in [-0.2, 0) is 19.6 Å². The Morgan fingerprint density at radius 3 is 2.31 bits per heavy atom. The molecular formula is C32H35N5O4S. The van der Waals surface area contributed by atoms with Crippen LogP contribution in [0, 0.1) is 5.92 Å². The van der Waals surface area contributed by atoms with Gasteiger partial charge >= 0.3 is 0 Å². The molecule has 0 aliphatic carbocycles. The lowest BCUT2D eigenvalue weighted by atomic mass is 9.92. The summed E-state index contributed by atoms with van der Waals surface area (Å²) in [6.07, 6.45) is 4.73. The number of fused-ring (bicyclic) bond motifs is 1. The van der Waals surface area contributed by atoms with Gasteiger partial charge in [-0.25, -0.2) is 13.1 Å². The van der Waals surface area contributed by atoms with Crippen LogP contribution in [0.15, 0.2) is 102 Å². The summed E-state index contributed by atoms with van der Waals surface area (Å²) in [7, 11) is -3.93. The van der Waals surface area contributed by atoms with Gasteiger partial charge in [0.2, 0.25) is 21.8 Å². The number of anilines is 1. The number of hydrogen-bond donors (Lipinski definition) is 3. The van der Waals surface area contributed by atoms with E-state index in [1.54, 1.807) is 41.6 Å². The number of sulfonamides is 1. The SMILES string of the molecule is CC(NC(=O)CNS(=O)(=O)c1ccc2ccccc2c1)C(c1ccccc1)N(C(=O)C1CCNCC1)c1ccncc1. The lowest BCUT2D eigenvalue weighted by molar-refractivity contribution is -0.125. The van der Waals surface area contributed by atoms with Gasteiger partial charge in [0.15, 0.2) is 0 Å². The lowest BCUT2D eigenvalue weighted by Gasteiger charge is -2.39. The summed E-state index contributed by atoms with van der Waals surface area (Å²) in [4.78, 5) is 33.2. The highest BCUT2D eigenvalue weighted by molar-refractivity contribution is 7.89. The Kier molecular flexibility index (Phi) is 9.26. The van der Waals surface area contributed by atoms with E-state index in [9.17, 15) is 18.0 Å². The molecule has 3 aromatic carbocycles. The van der Waals surface area contributed by atoms with Gasteiger partial charge in [-0.15, -0.1) is 0 Å². The summed E-state index contributed by atoms with van der Waals surface area (Å²) in [6, 6.07) is 24.4. The maximum Gasteiger partial charge on any atom is 0.241 e. The first kappa shape index (κ1) is 29.4. The third kappa shape index (κ3) is 6.84. The van der Waals surface area contributed by atoms with E-state index >= 15 is 0 Å². The Bertz CT molecular complexity index is 1630. The molecule has 1 saturated heterocycles. The number of carbonyl (C=O) groups excluding carboxylic acids is 2. The number of rotatable bonds is 10. The van der Waals surface area contributed by atoms with E-state index in [4.69, 9.17) is 0 Å². The molecule has 4 aromatic rings. The smallest absolute Gasteiger partial charge is 0.241 e. The van der Waals surface area contributed by atoms with Crippen molar-refractivity contribution in [2.24, 2.45) is 5.92 Å². The molecule has 9 nitrogen and oxygen atoms in total. The van der Waals surface area contributed by atoms with Crippen molar-refractivity contribution in [1.82, 2.24) is 20.3 Å². The van der Waals surface area contributed by atoms with Crippen LogP contribution < -0.4 is 20.3 Å². The average Bonchev–Trinajstić information content (AvgIpc) is 3.03. The molecule has 1 aliphatic rings. The summed E-state index contributed by atoms with van der Waals surface area (Å²) < 4.78 is 28.5. The largest absolute Gasteiger partial charge is 0.350 e. The average molecular weight is 586 g/mol. The summed E-state index contributed by atoms with van der Waals surface area (Å²) in [5.74, 6) is -0.686. The van der Waals surface area contributed by atoms with Crippen molar-refractivity contribution in [2.45, 2.75) is 36.7 Å². The molecule has 218 valence electrons. The first-order valence-electron chi connectivity index (χ1n) is 14.1. The molecule has 2 unspecified atom stereocenters. The Morgan fingerprint density at radius 2 is 1.60 bits per heavy atom. The minimum Gasteiger partial charge on any atom is -0.350 e. The Hall–Kier alpha value is -4.12. The highest BCUT2D eigenvalue weighted by atomic mass is 32.2. The molecule has 42 heavy (non-hydrogen) atoms. The fourth-order valence-electron chi connectivity index (χ4n) is 5.47. The van der Waals surface area contributed by atoms with Crippen LogP contribution in [0.3, 0.4) is 0 Å². The Labute approximate surface area is 246 Å². The van der Waals surface area contributed by atoms with E-state index in [0.717, 1.165) is 42.3 Å². The van der Waals surface area contributed by atoms with E-state index < -0.39 is 34.6 Å². The van der Waals surface area contributed by atoms with E-state index in [0.29, 0.717) is 5.69 Å². The third-order valence-electron chi connectivity index (χ3n) is 7.60. The normalized spacial score (nSPS) is 15.5. The number of nitrogens with one attached hydrogen (secondary N) is 3. The standard InChI is InChI=1S/C32H35N5O4S/c1-23(36-30(38)22-35-42(40,41)29-12-11-24-7-5-6-10-27(24)21-29)31(25-8-3-2-4-9-25)37(28-15-19-34-20-16-28)32(39)26-13-17-33-18-14-26/h2-12,15-16,19-21,23,26,31,33,35H,13-14,17-18,22H2,1H3,(H,36,38). The predicted octanol–water partition coefficient (Wildman–Crippen LogP) is 3.79. The van der Waals surface area contributed by atoms with Gasteiger partial charge in [0, 0.05) is 24.0 Å². The van der Waals surface area contributed by atoms with Crippen LogP contribution in [-0.4, -0.2) is 50.9 Å². The van der Waals surface area contributed by atoms with Gasteiger partial charge in [-0.3, -0.25) is 14.6 Å². The first-order chi connectivity index (χ1) is 20.3. The van der Waals surface area contributed by atoms with E-state index in [-0.39, 0.29) is 16.7 Å². The number of benzene rings is 3. The van der Waals surface area contributed by atoms with Crippen molar-refractivity contribution >= 4 is 38.3 Å². The fraction of sp³-hybridized carbons (Fsp3) is 0.281. The first-order valence-corrected chi connectivity index (χ1v) is 15.6. The number of pyridine rings is 1. The minimum atomic E-state index is -3.93. The molecular weight excluding hydrogens is 550 g/mol. The van der Waals surface area contributed by atoms with Crippen molar-refractivity contribution in [3.63, 3.8) is 0 Å². The van der Waals surface area contributed by atoms with Crippen molar-refractivity contribution < 1.29 is 18.0 Å². The summed E-state index contributed by atoms with van der Waals surface area (Å²) in [6.45, 7) is 2.91. The van der Waals surface area contributed by atoms with Gasteiger partial charge in [-0.2, -0.15) is 0 Å². The number of carbonyl (C=O) groups is 2. The van der Waals surface area contributed by atoms with E-state index in [1.807, 2.05) is 61.5 Å². The molecule has 2 amide bonds. The second-order valence-electron chi connectivity index (χ2n) is 10.5. The van der Waals surface area contributed by atoms with Gasteiger partial charge in [0.05, 0.1) is 23.5 Å². The molecule has 3 N–H and O–H groups in total. The van der Waals surface area contributed by atoms with Gasteiger partial charge in [-0.1, -0.05) is 60.7 Å². The van der Waals surface area contributed by atoms with Gasteiger partial charge in [0.1, 0.15) is 0 Å². The minimum absolute atomic E-state index is 0.0188. The van der Waals surface area contributed by atoms with Crippen molar-refractivity contribution in [3.05, 3.63) is 103 Å². The second kappa shape index (κ2) is 13.2. The number of piperidine rings is 1. The number of hydrogen-bond acceptors (Lipinski definition) is 6. The zero-order valence-electron chi connectivity index (χ0n) is 23.4. The van der Waals surface area contributed by atoms with Crippen LogP contribution in [0.1, 0.15) is 31.4 Å². The zero-order valence-corrected chi connectivity index (χ0v) is 24.3. The molecule has 0 radical (unpaired) electrons. The molecule has 2 heterocycles. The molecule has 1 fully saturated rings. The fourth-order valence-corrected chi connectivity index (χ4v) is 6.49. The van der Waals surface area contributed by atoms with Crippen LogP contribution in [0.4, 0.5) is 5.69 Å². The van der Waals surface area contributed by atoms with Gasteiger partial charge < -0.3 is 15.5 Å². The lowest BCUT2D eigenvalue weighted by Crippen LogP contribution is -2.51. The monoisotopic (exact) mass is 585 g/mol. The second-order valence-corrected chi connectivity index (χ2v) is 12.3. The van der Waals surface area contributed by atoms with Gasteiger partial charge in [0.25, 0.3) is 0 Å². The molecule has 10 heteroatoms. The maximum absolute atomic E-state index is 14.1. The summed E-state index contributed by atoms with van der Waals surface area (Å²) >= 11 is 0. The van der Waals surface area contributed by atoms with Crippen LogP contribution in [0.25, 0.3) is 10.8 Å². The molecule has 1 aromatic heterocycles. The molecule has 0 saturated carbocycles. The number of nitrogens with zero attached hydrogens (tertiary/aromatic N) is 2. The maximum atomic E-state index is 14.1. The predicted molar refractivity (Wildman–Crippen MR) is 163 cm³/mol. The van der Waals surface area contributed by atoms with Gasteiger partial charge in [-0.05, 0) is 73.5 Å². The van der Waals surface area contributed by atoms with Crippen LogP contribution in [0.5, 0.6) is 0 Å². The molecule has 2 atom stereocenters. The number of amides is 2. The van der Waals surface area contributed by atoms with Crippen molar-refractivity contribution in [2.75, 3.05) is 24.5 Å². The quantitative estimate of drug-likeness (QED) is 0.261. The molecule has 0 spiro atoms. The van der Waals surface area contributed by atoms with E-state index in [2.05, 4.69) is 20.3 Å². The zero-order chi connectivity index (χ0) is 29.5. The van der Waals surface area contributed by atoms with Crippen LogP contribution in [0.2, 0.25) is 0 Å². The molecule has 5 rings (SSSR count). The summed E-state index contributed by atoms with van der Waals surface area (Å²) in [5, 5.41) is 7.98.